The monoisotopic (exact) mass is 471 g/mol. The Morgan fingerprint density at radius 1 is 1.15 bits per heavy atom. The predicted octanol–water partition coefficient (Wildman–Crippen LogP) is 4.36. The van der Waals surface area contributed by atoms with Gasteiger partial charge in [-0.05, 0) is 49.4 Å². The van der Waals surface area contributed by atoms with Crippen molar-refractivity contribution in [3.05, 3.63) is 65.6 Å². The van der Waals surface area contributed by atoms with Crippen LogP contribution in [-0.4, -0.2) is 54.7 Å². The fraction of sp³-hybridized carbons (Fsp3) is 0.250. The zero-order chi connectivity index (χ0) is 24.1. The van der Waals surface area contributed by atoms with Crippen LogP contribution in [0.1, 0.15) is 23.0 Å². The maximum absolute atomic E-state index is 14.7. The fourth-order valence-electron chi connectivity index (χ4n) is 3.16. The molecule has 0 fully saturated rings. The fourth-order valence-corrected chi connectivity index (χ4v) is 3.28. The van der Waals surface area contributed by atoms with Gasteiger partial charge in [-0.2, -0.15) is 0 Å². The zero-order valence-electron chi connectivity index (χ0n) is 18.8. The number of aromatic amines is 1. The first-order valence-electron chi connectivity index (χ1n) is 10.2. The Balaban J connectivity index is 1.96. The highest BCUT2D eigenvalue weighted by molar-refractivity contribution is 7.80. The average Bonchev–Trinajstić information content (AvgIpc) is 3.25. The molecule has 3 N–H and O–H groups in total. The average molecular weight is 472 g/mol. The second-order valence-electron chi connectivity index (χ2n) is 7.67. The normalized spacial score (nSPS) is 11.7. The molecule has 0 bridgehead atoms. The largest absolute Gasteiger partial charge is 0.488 e. The van der Waals surface area contributed by atoms with E-state index in [1.807, 2.05) is 19.1 Å². The Hall–Kier alpha value is -3.43. The Labute approximate surface area is 197 Å². The number of carbonyl (C=O) groups excluding carboxylic acids is 1. The molecule has 0 radical (unpaired) electrons. The number of benzene rings is 2. The molecule has 1 heterocycles. The summed E-state index contributed by atoms with van der Waals surface area (Å²) in [5.41, 5.74) is 8.02. The molecule has 0 aliphatic carbocycles. The minimum atomic E-state index is -0.654. The van der Waals surface area contributed by atoms with Gasteiger partial charge in [-0.15, -0.1) is 0 Å². The summed E-state index contributed by atoms with van der Waals surface area (Å²) in [6, 6.07) is 12.9. The van der Waals surface area contributed by atoms with E-state index in [9.17, 15) is 9.18 Å². The molecule has 33 heavy (non-hydrogen) atoms. The number of nitrogens with one attached hydrogen (secondary N) is 1. The molecule has 0 saturated carbocycles. The lowest BCUT2D eigenvalue weighted by Crippen LogP contribution is -2.21. The van der Waals surface area contributed by atoms with E-state index in [-0.39, 0.29) is 28.3 Å². The molecule has 0 aliphatic rings. The summed E-state index contributed by atoms with van der Waals surface area (Å²) >= 11 is 5.02. The third kappa shape index (κ3) is 6.09. The van der Waals surface area contributed by atoms with E-state index in [2.05, 4.69) is 4.98 Å². The lowest BCUT2D eigenvalue weighted by molar-refractivity contribution is 0.0827. The highest BCUT2D eigenvalue weighted by Crippen LogP contribution is 2.34. The molecule has 0 unspecified atom stereocenters. The van der Waals surface area contributed by atoms with Crippen LogP contribution in [0.15, 0.2) is 48.5 Å². The molecule has 0 aliphatic heterocycles. The SMILES string of the molecule is COC[C@H](C)Oc1cc(Oc2ccc(C(=O)N(C)C)cc2F)cc(-c2ccc(C(N)=S)[nH]2)c1. The van der Waals surface area contributed by atoms with E-state index in [1.165, 1.54) is 17.0 Å². The number of thiocarbonyl (C=S) groups is 1. The molecular weight excluding hydrogens is 445 g/mol. The van der Waals surface area contributed by atoms with Crippen LogP contribution in [0.2, 0.25) is 0 Å². The number of ether oxygens (including phenoxy) is 3. The van der Waals surface area contributed by atoms with Gasteiger partial charge in [0.25, 0.3) is 5.91 Å². The zero-order valence-corrected chi connectivity index (χ0v) is 19.7. The topological polar surface area (TPSA) is 89.8 Å². The first kappa shape index (κ1) is 24.2. The minimum Gasteiger partial charge on any atom is -0.488 e. The van der Waals surface area contributed by atoms with Crippen LogP contribution >= 0.6 is 12.2 Å². The van der Waals surface area contributed by atoms with Crippen LogP contribution in [0.4, 0.5) is 4.39 Å². The molecular formula is C24H26FN3O4S. The molecule has 9 heteroatoms. The highest BCUT2D eigenvalue weighted by Gasteiger charge is 2.15. The highest BCUT2D eigenvalue weighted by atomic mass is 32.1. The van der Waals surface area contributed by atoms with E-state index in [0.29, 0.717) is 23.8 Å². The van der Waals surface area contributed by atoms with Crippen LogP contribution in [0, 0.1) is 5.82 Å². The van der Waals surface area contributed by atoms with E-state index < -0.39 is 5.82 Å². The van der Waals surface area contributed by atoms with Gasteiger partial charge in [0.15, 0.2) is 11.6 Å². The number of nitrogens with zero attached hydrogens (tertiary/aromatic N) is 1. The van der Waals surface area contributed by atoms with Crippen LogP contribution in [0.5, 0.6) is 17.2 Å². The van der Waals surface area contributed by atoms with Crippen molar-refractivity contribution in [2.24, 2.45) is 5.73 Å². The summed E-state index contributed by atoms with van der Waals surface area (Å²) in [5.74, 6) is -0.110. The molecule has 7 nitrogen and oxygen atoms in total. The van der Waals surface area contributed by atoms with E-state index >= 15 is 0 Å². The van der Waals surface area contributed by atoms with Gasteiger partial charge in [-0.3, -0.25) is 4.79 Å². The Morgan fingerprint density at radius 2 is 1.88 bits per heavy atom. The van der Waals surface area contributed by atoms with E-state index in [1.54, 1.807) is 39.4 Å². The molecule has 3 aromatic rings. The first-order chi connectivity index (χ1) is 15.7. The first-order valence-corrected chi connectivity index (χ1v) is 10.6. The maximum Gasteiger partial charge on any atom is 0.253 e. The van der Waals surface area contributed by atoms with Gasteiger partial charge in [0.1, 0.15) is 22.6 Å². The summed E-state index contributed by atoms with van der Waals surface area (Å²) in [4.78, 5) is 16.9. The van der Waals surface area contributed by atoms with Crippen molar-refractivity contribution < 1.29 is 23.4 Å². The Morgan fingerprint density at radius 3 is 2.48 bits per heavy atom. The Bertz CT molecular complexity index is 1160. The van der Waals surface area contributed by atoms with Gasteiger partial charge < -0.3 is 29.8 Å². The quantitative estimate of drug-likeness (QED) is 0.451. The number of rotatable bonds is 9. The molecule has 1 aromatic heterocycles. The van der Waals surface area contributed by atoms with Crippen molar-refractivity contribution >= 4 is 23.1 Å². The third-order valence-electron chi connectivity index (χ3n) is 4.69. The second kappa shape index (κ2) is 10.5. The van der Waals surface area contributed by atoms with Crippen molar-refractivity contribution in [2.75, 3.05) is 27.8 Å². The summed E-state index contributed by atoms with van der Waals surface area (Å²) in [6.45, 7) is 2.26. The van der Waals surface area contributed by atoms with Crippen LogP contribution in [0.3, 0.4) is 0 Å². The lowest BCUT2D eigenvalue weighted by atomic mass is 10.1. The number of carbonyl (C=O) groups is 1. The third-order valence-corrected chi connectivity index (χ3v) is 4.91. The van der Waals surface area contributed by atoms with Gasteiger partial charge in [-0.25, -0.2) is 4.39 Å². The molecule has 0 saturated heterocycles. The number of halogens is 1. The maximum atomic E-state index is 14.7. The summed E-state index contributed by atoms with van der Waals surface area (Å²) in [5, 5.41) is 0. The van der Waals surface area contributed by atoms with Crippen LogP contribution < -0.4 is 15.2 Å². The molecule has 1 amide bonds. The van der Waals surface area contributed by atoms with Gasteiger partial charge in [0, 0.05) is 44.1 Å². The number of amides is 1. The van der Waals surface area contributed by atoms with Crippen molar-refractivity contribution in [1.29, 1.82) is 0 Å². The van der Waals surface area contributed by atoms with Gasteiger partial charge in [0.2, 0.25) is 0 Å². The van der Waals surface area contributed by atoms with Crippen molar-refractivity contribution in [3.8, 4) is 28.5 Å². The summed E-state index contributed by atoms with van der Waals surface area (Å²) < 4.78 is 31.6. The molecule has 2 aromatic carbocycles. The van der Waals surface area contributed by atoms with Crippen molar-refractivity contribution in [2.45, 2.75) is 13.0 Å². The minimum absolute atomic E-state index is 0.0198. The lowest BCUT2D eigenvalue weighted by Gasteiger charge is -2.16. The second-order valence-corrected chi connectivity index (χ2v) is 8.11. The molecule has 1 atom stereocenters. The Kier molecular flexibility index (Phi) is 7.67. The summed E-state index contributed by atoms with van der Waals surface area (Å²) in [7, 11) is 4.80. The number of H-pyrrole nitrogens is 1. The molecule has 0 spiro atoms. The number of methoxy groups -OCH3 is 1. The molecule has 3 rings (SSSR count). The van der Waals surface area contributed by atoms with Crippen molar-refractivity contribution in [1.82, 2.24) is 9.88 Å². The summed E-state index contributed by atoms with van der Waals surface area (Å²) in [6.07, 6.45) is -0.220. The van der Waals surface area contributed by atoms with Gasteiger partial charge in [0.05, 0.1) is 12.3 Å². The van der Waals surface area contributed by atoms with Gasteiger partial charge in [-0.1, -0.05) is 12.2 Å². The van der Waals surface area contributed by atoms with Crippen molar-refractivity contribution in [3.63, 3.8) is 0 Å². The van der Waals surface area contributed by atoms with Crippen LogP contribution in [0.25, 0.3) is 11.3 Å². The van der Waals surface area contributed by atoms with E-state index in [4.69, 9.17) is 32.2 Å². The standard InChI is InChI=1S/C24H26FN3O4S/c1-14(13-30-4)31-17-9-16(20-6-7-21(27-20)23(26)33)10-18(12-17)32-22-8-5-15(11-19(22)25)24(29)28(2)3/h5-12,14,27H,13H2,1-4H3,(H2,26,33)/t14-/m0/s1. The smallest absolute Gasteiger partial charge is 0.253 e. The number of hydrogen-bond acceptors (Lipinski definition) is 5. The predicted molar refractivity (Wildman–Crippen MR) is 129 cm³/mol. The number of hydrogen-bond donors (Lipinski definition) is 2. The van der Waals surface area contributed by atoms with Gasteiger partial charge >= 0.3 is 0 Å². The van der Waals surface area contributed by atoms with E-state index in [0.717, 1.165) is 17.3 Å². The van der Waals surface area contributed by atoms with Crippen LogP contribution in [-0.2, 0) is 4.74 Å². The molecule has 174 valence electrons. The number of aromatic nitrogens is 1. The number of nitrogens with two attached hydrogens (primary N) is 1.